The van der Waals surface area contributed by atoms with Crippen LogP contribution in [0.25, 0.3) is 42.5 Å². The number of nitrogens with zero attached hydrogens (tertiary/aromatic N) is 6. The standard InChI is InChI=1S/C31H33ClFN7O3S/c1-17-10-21-20(12-35-38-21)22(24(17)32)25-26-19(4-6-34-25)23-27(39-8-9-42-15-30(2,41)14-39)36-29(37-28(23)44-26)43-16-31-5-3-7-40(31)13-18(33)11-31/h4,6,10,12,18,41H,3,5,7-9,11,13-16H2,1-2H3,(H,35,38)/t18-,30+,31+/m1/s1. The monoisotopic (exact) mass is 637 g/mol. The highest BCUT2D eigenvalue weighted by Gasteiger charge is 2.49. The van der Waals surface area contributed by atoms with Crippen LogP contribution in [0.1, 0.15) is 31.7 Å². The van der Waals surface area contributed by atoms with Crippen LogP contribution in [-0.4, -0.2) is 98.5 Å². The number of fused-ring (bicyclic) bond motifs is 5. The van der Waals surface area contributed by atoms with Gasteiger partial charge in [0, 0.05) is 42.0 Å². The molecule has 0 spiro atoms. The SMILES string of the molecule is Cc1cc2[nH]ncc2c(-c2nccc3c2sc2nc(OC[C@@]45CCCN4C[C@H](F)C5)nc(N4CCOC[C@@](C)(O)C4)c23)c1Cl. The first kappa shape index (κ1) is 28.3. The molecule has 0 radical (unpaired) electrons. The first-order valence-electron chi connectivity index (χ1n) is 15.0. The maximum Gasteiger partial charge on any atom is 0.319 e. The summed E-state index contributed by atoms with van der Waals surface area (Å²) in [5, 5.41) is 21.7. The molecule has 13 heteroatoms. The van der Waals surface area contributed by atoms with Gasteiger partial charge in [-0.25, -0.2) is 4.39 Å². The molecule has 4 aromatic heterocycles. The zero-order valence-electron chi connectivity index (χ0n) is 24.6. The molecule has 44 heavy (non-hydrogen) atoms. The summed E-state index contributed by atoms with van der Waals surface area (Å²) in [7, 11) is 0. The zero-order chi connectivity index (χ0) is 30.2. The normalized spacial score (nSPS) is 26.2. The summed E-state index contributed by atoms with van der Waals surface area (Å²) in [4.78, 5) is 19.7. The van der Waals surface area contributed by atoms with Gasteiger partial charge in [-0.3, -0.25) is 15.0 Å². The fraction of sp³-hybridized carbons (Fsp3) is 0.484. The van der Waals surface area contributed by atoms with Crippen LogP contribution in [0.15, 0.2) is 24.5 Å². The summed E-state index contributed by atoms with van der Waals surface area (Å²) in [6.07, 6.45) is 5.10. The highest BCUT2D eigenvalue weighted by atomic mass is 35.5. The Morgan fingerprint density at radius 3 is 3.07 bits per heavy atom. The number of ether oxygens (including phenoxy) is 2. The minimum Gasteiger partial charge on any atom is -0.461 e. The molecular formula is C31H33ClFN7O3S. The van der Waals surface area contributed by atoms with Gasteiger partial charge in [0.15, 0.2) is 0 Å². The summed E-state index contributed by atoms with van der Waals surface area (Å²) in [6, 6.07) is 4.20. The van der Waals surface area contributed by atoms with E-state index in [1.807, 2.05) is 19.1 Å². The minimum atomic E-state index is -1.07. The molecule has 0 amide bonds. The summed E-state index contributed by atoms with van der Waals surface area (Å²) in [5.41, 5.74) is 1.96. The molecule has 3 aliphatic heterocycles. The number of aliphatic hydroxyl groups is 1. The molecule has 0 saturated carbocycles. The van der Waals surface area contributed by atoms with Crippen molar-refractivity contribution in [2.45, 2.75) is 50.4 Å². The van der Waals surface area contributed by atoms with E-state index in [4.69, 9.17) is 36.0 Å². The molecule has 230 valence electrons. The Kier molecular flexibility index (Phi) is 6.73. The molecule has 3 saturated heterocycles. The molecule has 5 aromatic rings. The molecule has 1 aromatic carbocycles. The Hall–Kier alpha value is -3.16. The van der Waals surface area contributed by atoms with E-state index in [0.717, 1.165) is 67.4 Å². The van der Waals surface area contributed by atoms with Crippen molar-refractivity contribution in [3.63, 3.8) is 0 Å². The second kappa shape index (κ2) is 10.4. The van der Waals surface area contributed by atoms with Gasteiger partial charge in [0.25, 0.3) is 0 Å². The van der Waals surface area contributed by atoms with Gasteiger partial charge < -0.3 is 19.5 Å². The van der Waals surface area contributed by atoms with Gasteiger partial charge in [-0.05, 0) is 50.9 Å². The van der Waals surface area contributed by atoms with E-state index >= 15 is 0 Å². The maximum absolute atomic E-state index is 14.5. The van der Waals surface area contributed by atoms with Gasteiger partial charge in [-0.1, -0.05) is 11.6 Å². The lowest BCUT2D eigenvalue weighted by Crippen LogP contribution is -2.43. The first-order chi connectivity index (χ1) is 21.2. The second-order valence-corrected chi connectivity index (χ2v) is 14.1. The number of aryl methyl sites for hydroxylation is 1. The Balaban J connectivity index is 1.30. The van der Waals surface area contributed by atoms with Gasteiger partial charge >= 0.3 is 6.01 Å². The number of hydrogen-bond acceptors (Lipinski definition) is 10. The number of alkyl halides is 1. The van der Waals surface area contributed by atoms with Gasteiger partial charge in [0.05, 0.1) is 57.8 Å². The van der Waals surface area contributed by atoms with Gasteiger partial charge in [0.2, 0.25) is 0 Å². The Bertz CT molecular complexity index is 1910. The van der Waals surface area contributed by atoms with Gasteiger partial charge in [-0.15, -0.1) is 11.3 Å². The number of H-pyrrole nitrogens is 1. The summed E-state index contributed by atoms with van der Waals surface area (Å²) in [5.74, 6) is 0.665. The molecule has 0 unspecified atom stereocenters. The average Bonchev–Trinajstić information content (AvgIpc) is 3.73. The third kappa shape index (κ3) is 4.61. The summed E-state index contributed by atoms with van der Waals surface area (Å²) in [6.45, 7) is 6.95. The van der Waals surface area contributed by atoms with Crippen LogP contribution >= 0.6 is 22.9 Å². The van der Waals surface area contributed by atoms with Crippen molar-refractivity contribution >= 4 is 60.0 Å². The Morgan fingerprint density at radius 1 is 1.30 bits per heavy atom. The van der Waals surface area contributed by atoms with Crippen molar-refractivity contribution in [3.05, 3.63) is 35.1 Å². The molecule has 0 aliphatic carbocycles. The van der Waals surface area contributed by atoms with Crippen LogP contribution in [0.5, 0.6) is 6.01 Å². The number of aromatic amines is 1. The van der Waals surface area contributed by atoms with Crippen LogP contribution < -0.4 is 9.64 Å². The van der Waals surface area contributed by atoms with Crippen molar-refractivity contribution in [1.82, 2.24) is 30.0 Å². The number of halogens is 2. The van der Waals surface area contributed by atoms with E-state index in [0.29, 0.717) is 50.1 Å². The molecule has 3 atom stereocenters. The van der Waals surface area contributed by atoms with Gasteiger partial charge in [0.1, 0.15) is 29.0 Å². The molecule has 7 heterocycles. The number of benzene rings is 1. The predicted molar refractivity (Wildman–Crippen MR) is 170 cm³/mol. The van der Waals surface area contributed by atoms with Crippen molar-refractivity contribution in [2.75, 3.05) is 50.9 Å². The van der Waals surface area contributed by atoms with E-state index < -0.39 is 11.8 Å². The first-order valence-corrected chi connectivity index (χ1v) is 16.2. The van der Waals surface area contributed by atoms with E-state index in [1.54, 1.807) is 19.3 Å². The quantitative estimate of drug-likeness (QED) is 0.266. The molecule has 3 aliphatic rings. The molecule has 10 nitrogen and oxygen atoms in total. The van der Waals surface area contributed by atoms with Crippen LogP contribution in [0.2, 0.25) is 5.02 Å². The number of anilines is 1. The molecule has 0 bridgehead atoms. The lowest BCUT2D eigenvalue weighted by Gasteiger charge is -2.31. The van der Waals surface area contributed by atoms with E-state index in [2.05, 4.69) is 20.0 Å². The minimum absolute atomic E-state index is 0.231. The predicted octanol–water partition coefficient (Wildman–Crippen LogP) is 5.29. The van der Waals surface area contributed by atoms with Crippen LogP contribution in [0.4, 0.5) is 10.2 Å². The zero-order valence-corrected chi connectivity index (χ0v) is 26.1. The van der Waals surface area contributed by atoms with Crippen LogP contribution in [0, 0.1) is 6.92 Å². The van der Waals surface area contributed by atoms with Crippen molar-refractivity contribution in [2.24, 2.45) is 0 Å². The summed E-state index contributed by atoms with van der Waals surface area (Å²) < 4.78 is 27.5. The van der Waals surface area contributed by atoms with E-state index in [1.165, 1.54) is 11.3 Å². The number of β-amino-alcohol motifs (C(OH)–C–C–N with tert-alkyl or cyclic N) is 1. The Morgan fingerprint density at radius 2 is 2.18 bits per heavy atom. The maximum atomic E-state index is 14.5. The lowest BCUT2D eigenvalue weighted by molar-refractivity contribution is -0.0123. The van der Waals surface area contributed by atoms with Crippen molar-refractivity contribution in [3.8, 4) is 17.3 Å². The number of pyridine rings is 1. The van der Waals surface area contributed by atoms with E-state index in [9.17, 15) is 9.50 Å². The van der Waals surface area contributed by atoms with Crippen molar-refractivity contribution < 1.29 is 19.0 Å². The molecular weight excluding hydrogens is 605 g/mol. The average molecular weight is 638 g/mol. The topological polar surface area (TPSA) is 113 Å². The van der Waals surface area contributed by atoms with Crippen LogP contribution in [0.3, 0.4) is 0 Å². The van der Waals surface area contributed by atoms with Crippen molar-refractivity contribution in [1.29, 1.82) is 0 Å². The number of hydrogen-bond donors (Lipinski definition) is 2. The number of rotatable bonds is 5. The lowest BCUT2D eigenvalue weighted by atomic mass is 9.95. The van der Waals surface area contributed by atoms with E-state index in [-0.39, 0.29) is 18.2 Å². The third-order valence-electron chi connectivity index (χ3n) is 9.29. The Labute approximate surface area is 262 Å². The highest BCUT2D eigenvalue weighted by Crippen LogP contribution is 2.46. The number of nitrogens with one attached hydrogen (secondary N) is 1. The number of aromatic nitrogens is 5. The van der Waals surface area contributed by atoms with Gasteiger partial charge in [-0.2, -0.15) is 15.1 Å². The molecule has 3 fully saturated rings. The summed E-state index contributed by atoms with van der Waals surface area (Å²) >= 11 is 8.45. The fourth-order valence-corrected chi connectivity index (χ4v) is 8.70. The molecule has 2 N–H and O–H groups in total. The highest BCUT2D eigenvalue weighted by molar-refractivity contribution is 7.26. The second-order valence-electron chi connectivity index (χ2n) is 12.7. The molecule has 8 rings (SSSR count). The third-order valence-corrected chi connectivity index (χ3v) is 10.9. The van der Waals surface area contributed by atoms with Crippen LogP contribution in [-0.2, 0) is 4.74 Å². The smallest absolute Gasteiger partial charge is 0.319 e. The largest absolute Gasteiger partial charge is 0.461 e. The fourth-order valence-electron chi connectivity index (χ4n) is 7.30. The number of thiophene rings is 1.